The maximum absolute atomic E-state index is 5.78. The molecule has 1 heterocycles. The zero-order valence-corrected chi connectivity index (χ0v) is 13.0. The molecular weight excluding hydrogens is 264 g/mol. The molecule has 0 atom stereocenters. The zero-order chi connectivity index (χ0) is 15.2. The van der Waals surface area contributed by atoms with E-state index in [1.165, 1.54) is 5.56 Å². The first-order valence-corrected chi connectivity index (χ1v) is 7.47. The molecule has 2 aromatic rings. The van der Waals surface area contributed by atoms with Gasteiger partial charge < -0.3 is 10.5 Å². The molecule has 21 heavy (non-hydrogen) atoms. The summed E-state index contributed by atoms with van der Waals surface area (Å²) in [6.45, 7) is 8.29. The molecular formula is C16H24N4O. The molecule has 1 aromatic heterocycles. The average molecular weight is 288 g/mol. The van der Waals surface area contributed by atoms with E-state index in [0.717, 1.165) is 30.1 Å². The fraction of sp³-hybridized carbons (Fsp3) is 0.500. The summed E-state index contributed by atoms with van der Waals surface area (Å²) >= 11 is 0. The molecule has 0 spiro atoms. The van der Waals surface area contributed by atoms with Gasteiger partial charge in [0.15, 0.2) is 0 Å². The van der Waals surface area contributed by atoms with Crippen LogP contribution in [-0.4, -0.2) is 21.6 Å². The fourth-order valence-corrected chi connectivity index (χ4v) is 2.28. The maximum atomic E-state index is 5.78. The summed E-state index contributed by atoms with van der Waals surface area (Å²) in [4.78, 5) is 0. The number of nitrogens with two attached hydrogens (primary N) is 1. The van der Waals surface area contributed by atoms with Crippen LogP contribution < -0.4 is 10.5 Å². The second-order valence-corrected chi connectivity index (χ2v) is 5.52. The van der Waals surface area contributed by atoms with E-state index < -0.39 is 0 Å². The molecule has 2 N–H and O–H groups in total. The van der Waals surface area contributed by atoms with Gasteiger partial charge in [0.25, 0.3) is 0 Å². The van der Waals surface area contributed by atoms with Gasteiger partial charge in [0.1, 0.15) is 5.75 Å². The van der Waals surface area contributed by atoms with Crippen molar-refractivity contribution in [2.24, 2.45) is 11.7 Å². The maximum Gasteiger partial charge on any atom is 0.119 e. The van der Waals surface area contributed by atoms with Crippen molar-refractivity contribution in [3.8, 4) is 5.75 Å². The second kappa shape index (κ2) is 7.22. The molecule has 0 aliphatic carbocycles. The Morgan fingerprint density at radius 1 is 1.24 bits per heavy atom. The van der Waals surface area contributed by atoms with Crippen LogP contribution in [0.3, 0.4) is 0 Å². The van der Waals surface area contributed by atoms with E-state index in [9.17, 15) is 0 Å². The van der Waals surface area contributed by atoms with Crippen molar-refractivity contribution in [1.82, 2.24) is 15.0 Å². The molecule has 2 rings (SSSR count). The summed E-state index contributed by atoms with van der Waals surface area (Å²) in [5.74, 6) is 1.42. The number of hydrogen-bond donors (Lipinski definition) is 1. The number of aromatic nitrogens is 3. The van der Waals surface area contributed by atoms with Crippen molar-refractivity contribution in [1.29, 1.82) is 0 Å². The monoisotopic (exact) mass is 288 g/mol. The van der Waals surface area contributed by atoms with Crippen LogP contribution in [-0.2, 0) is 19.5 Å². The lowest BCUT2D eigenvalue weighted by Gasteiger charge is -2.10. The average Bonchev–Trinajstić information content (AvgIpc) is 2.83. The molecule has 0 aliphatic heterocycles. The van der Waals surface area contributed by atoms with Gasteiger partial charge in [0.05, 0.1) is 18.0 Å². The van der Waals surface area contributed by atoms with Crippen LogP contribution in [0.25, 0.3) is 0 Å². The predicted molar refractivity (Wildman–Crippen MR) is 83.2 cm³/mol. The van der Waals surface area contributed by atoms with E-state index >= 15 is 0 Å². The van der Waals surface area contributed by atoms with Crippen LogP contribution in [0.15, 0.2) is 24.3 Å². The summed E-state index contributed by atoms with van der Waals surface area (Å²) in [6.07, 6.45) is 0.790. The number of ether oxygens (including phenoxy) is 1. The molecule has 0 unspecified atom stereocenters. The van der Waals surface area contributed by atoms with Gasteiger partial charge in [0.2, 0.25) is 0 Å². The van der Waals surface area contributed by atoms with Gasteiger partial charge in [0, 0.05) is 19.5 Å². The molecule has 5 nitrogen and oxygen atoms in total. The predicted octanol–water partition coefficient (Wildman–Crippen LogP) is 2.38. The normalized spacial score (nSPS) is 11.1. The first-order valence-electron chi connectivity index (χ1n) is 7.47. The van der Waals surface area contributed by atoms with Crippen LogP contribution in [0.5, 0.6) is 5.75 Å². The minimum Gasteiger partial charge on any atom is -0.494 e. The number of rotatable bonds is 7. The van der Waals surface area contributed by atoms with E-state index in [1.54, 1.807) is 0 Å². The molecule has 0 aliphatic rings. The fourth-order valence-electron chi connectivity index (χ4n) is 2.28. The lowest BCUT2D eigenvalue weighted by molar-refractivity contribution is 0.340. The lowest BCUT2D eigenvalue weighted by Crippen LogP contribution is -2.12. The number of hydrogen-bond acceptors (Lipinski definition) is 4. The zero-order valence-electron chi connectivity index (χ0n) is 13.0. The van der Waals surface area contributed by atoms with E-state index in [-0.39, 0.29) is 0 Å². The van der Waals surface area contributed by atoms with Crippen molar-refractivity contribution in [2.45, 2.75) is 40.3 Å². The summed E-state index contributed by atoms with van der Waals surface area (Å²) in [5, 5.41) is 8.43. The van der Waals surface area contributed by atoms with Crippen LogP contribution in [0, 0.1) is 5.92 Å². The van der Waals surface area contributed by atoms with Gasteiger partial charge in [-0.25, -0.2) is 4.68 Å². The Kier molecular flexibility index (Phi) is 5.33. The third-order valence-electron chi connectivity index (χ3n) is 3.26. The van der Waals surface area contributed by atoms with Gasteiger partial charge in [-0.05, 0) is 30.5 Å². The van der Waals surface area contributed by atoms with Crippen molar-refractivity contribution >= 4 is 0 Å². The Morgan fingerprint density at radius 3 is 2.52 bits per heavy atom. The molecule has 0 amide bonds. The molecule has 0 fully saturated rings. The summed E-state index contributed by atoms with van der Waals surface area (Å²) in [6, 6.07) is 8.16. The molecule has 0 bridgehead atoms. The Bertz CT molecular complexity index is 560. The van der Waals surface area contributed by atoms with Crippen LogP contribution >= 0.6 is 0 Å². The highest BCUT2D eigenvalue weighted by molar-refractivity contribution is 5.30. The Hall–Kier alpha value is -1.88. The number of benzene rings is 1. The van der Waals surface area contributed by atoms with E-state index in [4.69, 9.17) is 10.5 Å². The lowest BCUT2D eigenvalue weighted by atomic mass is 10.1. The molecule has 114 valence electrons. The van der Waals surface area contributed by atoms with E-state index in [1.807, 2.05) is 23.7 Å². The Labute approximate surface area is 126 Å². The molecule has 0 radical (unpaired) electrons. The Morgan fingerprint density at radius 2 is 1.95 bits per heavy atom. The van der Waals surface area contributed by atoms with Gasteiger partial charge >= 0.3 is 0 Å². The molecule has 5 heteroatoms. The highest BCUT2D eigenvalue weighted by Crippen LogP contribution is 2.17. The first kappa shape index (κ1) is 15.5. The van der Waals surface area contributed by atoms with E-state index in [0.29, 0.717) is 19.1 Å². The summed E-state index contributed by atoms with van der Waals surface area (Å²) in [7, 11) is 0. The van der Waals surface area contributed by atoms with Crippen molar-refractivity contribution < 1.29 is 4.74 Å². The van der Waals surface area contributed by atoms with Gasteiger partial charge in [-0.2, -0.15) is 0 Å². The molecule has 1 aromatic carbocycles. The van der Waals surface area contributed by atoms with Gasteiger partial charge in [-0.1, -0.05) is 31.2 Å². The van der Waals surface area contributed by atoms with Crippen molar-refractivity contribution in [3.63, 3.8) is 0 Å². The van der Waals surface area contributed by atoms with Crippen LogP contribution in [0.1, 0.15) is 37.7 Å². The third-order valence-corrected chi connectivity index (χ3v) is 3.26. The van der Waals surface area contributed by atoms with Gasteiger partial charge in [-0.3, -0.25) is 0 Å². The largest absolute Gasteiger partial charge is 0.494 e. The van der Waals surface area contributed by atoms with Crippen LogP contribution in [0.4, 0.5) is 0 Å². The number of nitrogens with zero attached hydrogens (tertiary/aromatic N) is 3. The van der Waals surface area contributed by atoms with Crippen LogP contribution in [0.2, 0.25) is 0 Å². The van der Waals surface area contributed by atoms with Gasteiger partial charge in [-0.15, -0.1) is 5.10 Å². The SMILES string of the molecule is CCOc1ccc(Cc2c(CN)nnn2CC(C)C)cc1. The topological polar surface area (TPSA) is 66.0 Å². The highest BCUT2D eigenvalue weighted by atomic mass is 16.5. The molecule has 0 saturated carbocycles. The summed E-state index contributed by atoms with van der Waals surface area (Å²) in [5.41, 5.74) is 8.97. The third kappa shape index (κ3) is 4.04. The molecule has 0 saturated heterocycles. The first-order chi connectivity index (χ1) is 10.1. The standard InChI is InChI=1S/C16H24N4O/c1-4-21-14-7-5-13(6-8-14)9-16-15(10-17)18-19-20(16)11-12(2)3/h5-8,12H,4,9-11,17H2,1-3H3. The smallest absolute Gasteiger partial charge is 0.119 e. The quantitative estimate of drug-likeness (QED) is 0.849. The minimum atomic E-state index is 0.421. The van der Waals surface area contributed by atoms with Crippen molar-refractivity contribution in [3.05, 3.63) is 41.2 Å². The van der Waals surface area contributed by atoms with Crippen molar-refractivity contribution in [2.75, 3.05) is 6.61 Å². The summed E-state index contributed by atoms with van der Waals surface area (Å²) < 4.78 is 7.44. The van der Waals surface area contributed by atoms with E-state index in [2.05, 4.69) is 36.3 Å². The highest BCUT2D eigenvalue weighted by Gasteiger charge is 2.13. The Balaban J connectivity index is 2.19. The minimum absolute atomic E-state index is 0.421. The second-order valence-electron chi connectivity index (χ2n) is 5.52.